The summed E-state index contributed by atoms with van der Waals surface area (Å²) in [5.41, 5.74) is 2.73. The van der Waals surface area contributed by atoms with E-state index in [2.05, 4.69) is 20.9 Å². The zero-order valence-electron chi connectivity index (χ0n) is 35.7. The van der Waals surface area contributed by atoms with E-state index >= 15 is 0 Å². The van der Waals surface area contributed by atoms with Crippen molar-refractivity contribution in [3.8, 4) is 11.3 Å². The molecule has 5 rings (SSSR count). The number of aliphatic hydroxyl groups excluding tert-OH is 1. The van der Waals surface area contributed by atoms with Crippen LogP contribution in [-0.4, -0.2) is 94.3 Å². The summed E-state index contributed by atoms with van der Waals surface area (Å²) in [5.74, 6) is -1.27. The van der Waals surface area contributed by atoms with E-state index < -0.39 is 64.8 Å². The highest BCUT2D eigenvalue weighted by Gasteiger charge is 2.44. The predicted molar refractivity (Wildman–Crippen MR) is 229 cm³/mol. The Balaban J connectivity index is 1.42. The lowest BCUT2D eigenvalue weighted by Gasteiger charge is -2.38. The molecule has 5 atom stereocenters. The van der Waals surface area contributed by atoms with Crippen LogP contribution in [0.2, 0.25) is 0 Å². The molecule has 320 valence electrons. The molecule has 12 nitrogen and oxygen atoms in total. The van der Waals surface area contributed by atoms with Crippen molar-refractivity contribution in [2.24, 2.45) is 10.8 Å². The minimum absolute atomic E-state index is 0.0326. The van der Waals surface area contributed by atoms with Gasteiger partial charge in [-0.2, -0.15) is 0 Å². The number of carbonyl (C=O) groups is 4. The first-order chi connectivity index (χ1) is 28.4. The van der Waals surface area contributed by atoms with Gasteiger partial charge in [0.05, 0.1) is 24.9 Å². The lowest BCUT2D eigenvalue weighted by molar-refractivity contribution is -0.131. The minimum Gasteiger partial charge on any atom is -0.453 e. The highest BCUT2D eigenvalue weighted by atomic mass is 19.1. The van der Waals surface area contributed by atoms with Gasteiger partial charge in [0.15, 0.2) is 0 Å². The lowest BCUT2D eigenvalue weighted by Crippen LogP contribution is -2.59. The molecule has 4 N–H and O–H groups in total. The zero-order valence-corrected chi connectivity index (χ0v) is 35.7. The fraction of sp³-hybridized carbons (Fsp3) is 0.426. The third kappa shape index (κ3) is 12.4. The number of halogens is 1. The van der Waals surface area contributed by atoms with Gasteiger partial charge in [-0.15, -0.1) is 0 Å². The summed E-state index contributed by atoms with van der Waals surface area (Å²) in [5, 5.41) is 21.1. The summed E-state index contributed by atoms with van der Waals surface area (Å²) in [6.45, 7) is 12.0. The highest BCUT2D eigenvalue weighted by molar-refractivity contribution is 5.89. The SMILES string of the molecule is COC(=O)NC(C(=O)N[C@@H](Cc1ccc(-c2ccccn2)cc1)C[C@H](O)[C@H](Cc1ccccc1)NC(=O)C(N1CCN(Cc2cccc(F)c2)C1=O)C(C)(C)C)C(C)(C)C. The smallest absolute Gasteiger partial charge is 0.407 e. The summed E-state index contributed by atoms with van der Waals surface area (Å²) in [6.07, 6.45) is 0.419. The molecule has 0 saturated carbocycles. The standard InChI is InChI=1S/C47H59FN6O6/c1-46(2,3)40(52-44(58)60-7)42(56)50-36(27-32-19-21-34(22-20-32)37-18-11-12-23-49-37)29-39(55)38(28-31-14-9-8-10-15-31)51-43(57)41(47(4,5)6)54-25-24-53(45(54)59)30-33-16-13-17-35(48)26-33/h8-23,26,36,38-41,55H,24-25,27-30H2,1-7H3,(H,50,56)(H,51,57)(H,52,58)/t36-,38-,39-,40?,41?/m0/s1. The van der Waals surface area contributed by atoms with Crippen LogP contribution in [0.3, 0.4) is 0 Å². The van der Waals surface area contributed by atoms with E-state index in [1.807, 2.05) is 114 Å². The number of carbonyl (C=O) groups excluding carboxylic acids is 4. The summed E-state index contributed by atoms with van der Waals surface area (Å²) < 4.78 is 18.8. The van der Waals surface area contributed by atoms with E-state index in [1.54, 1.807) is 28.1 Å². The van der Waals surface area contributed by atoms with Gasteiger partial charge < -0.3 is 35.6 Å². The molecular formula is C47H59FN6O6. The number of nitrogens with zero attached hydrogens (tertiary/aromatic N) is 3. The van der Waals surface area contributed by atoms with Crippen molar-refractivity contribution in [1.29, 1.82) is 0 Å². The van der Waals surface area contributed by atoms with Crippen LogP contribution in [-0.2, 0) is 33.7 Å². The van der Waals surface area contributed by atoms with Crippen molar-refractivity contribution in [2.75, 3.05) is 20.2 Å². The van der Waals surface area contributed by atoms with Crippen molar-refractivity contribution in [3.63, 3.8) is 0 Å². The van der Waals surface area contributed by atoms with Crippen LogP contribution in [0.15, 0.2) is 103 Å². The van der Waals surface area contributed by atoms with Crippen LogP contribution in [0, 0.1) is 16.6 Å². The van der Waals surface area contributed by atoms with Crippen LogP contribution in [0.1, 0.15) is 64.7 Å². The Kier molecular flexibility index (Phi) is 15.1. The topological polar surface area (TPSA) is 153 Å². The van der Waals surface area contributed by atoms with Crippen molar-refractivity contribution >= 4 is 23.9 Å². The molecule has 1 fully saturated rings. The van der Waals surface area contributed by atoms with Gasteiger partial charge in [-0.25, -0.2) is 14.0 Å². The van der Waals surface area contributed by atoms with E-state index in [4.69, 9.17) is 4.74 Å². The van der Waals surface area contributed by atoms with Crippen LogP contribution in [0.4, 0.5) is 14.0 Å². The Morgan fingerprint density at radius 1 is 0.783 bits per heavy atom. The van der Waals surface area contributed by atoms with E-state index in [1.165, 1.54) is 19.2 Å². The van der Waals surface area contributed by atoms with Crippen molar-refractivity contribution in [3.05, 3.63) is 126 Å². The third-order valence-electron chi connectivity index (χ3n) is 10.7. The van der Waals surface area contributed by atoms with Crippen LogP contribution < -0.4 is 16.0 Å². The molecule has 4 aromatic rings. The van der Waals surface area contributed by atoms with Crippen molar-refractivity contribution in [1.82, 2.24) is 30.7 Å². The maximum Gasteiger partial charge on any atom is 0.407 e. The number of pyridine rings is 1. The van der Waals surface area contributed by atoms with Gasteiger partial charge >= 0.3 is 12.1 Å². The number of rotatable bonds is 16. The monoisotopic (exact) mass is 822 g/mol. The average molecular weight is 823 g/mol. The molecule has 0 aliphatic carbocycles. The Bertz CT molecular complexity index is 2050. The number of methoxy groups -OCH3 is 1. The molecule has 3 aromatic carbocycles. The molecule has 2 unspecified atom stereocenters. The van der Waals surface area contributed by atoms with E-state index in [0.29, 0.717) is 18.5 Å². The fourth-order valence-corrected chi connectivity index (χ4v) is 7.67. The van der Waals surface area contributed by atoms with E-state index in [9.17, 15) is 28.7 Å². The molecule has 13 heteroatoms. The number of ether oxygens (including phenoxy) is 1. The first-order valence-corrected chi connectivity index (χ1v) is 20.4. The van der Waals surface area contributed by atoms with Crippen molar-refractivity contribution < 1.29 is 33.4 Å². The lowest BCUT2D eigenvalue weighted by atomic mass is 9.84. The second-order valence-electron chi connectivity index (χ2n) is 17.7. The van der Waals surface area contributed by atoms with Crippen LogP contribution in [0.5, 0.6) is 0 Å². The largest absolute Gasteiger partial charge is 0.453 e. The molecule has 0 spiro atoms. The second kappa shape index (κ2) is 20.0. The highest BCUT2D eigenvalue weighted by Crippen LogP contribution is 2.30. The Hall–Kier alpha value is -5.82. The van der Waals surface area contributed by atoms with Gasteiger partial charge in [-0.3, -0.25) is 14.6 Å². The first-order valence-electron chi connectivity index (χ1n) is 20.4. The number of nitrogens with one attached hydrogen (secondary N) is 3. The molecular weight excluding hydrogens is 764 g/mol. The van der Waals surface area contributed by atoms with Gasteiger partial charge in [0.1, 0.15) is 17.9 Å². The molecule has 1 aliphatic heterocycles. The second-order valence-corrected chi connectivity index (χ2v) is 17.7. The van der Waals surface area contributed by atoms with Gasteiger partial charge in [0, 0.05) is 37.4 Å². The number of urea groups is 1. The average Bonchev–Trinajstić information content (AvgIpc) is 3.54. The fourth-order valence-electron chi connectivity index (χ4n) is 7.67. The molecule has 1 aromatic heterocycles. The Labute approximate surface area is 352 Å². The molecule has 1 aliphatic rings. The number of hydrogen-bond acceptors (Lipinski definition) is 7. The molecule has 5 amide bonds. The molecule has 0 radical (unpaired) electrons. The number of aliphatic hydroxyl groups is 1. The summed E-state index contributed by atoms with van der Waals surface area (Å²) in [7, 11) is 1.23. The quantitative estimate of drug-likeness (QED) is 0.101. The Morgan fingerprint density at radius 2 is 1.45 bits per heavy atom. The van der Waals surface area contributed by atoms with Crippen molar-refractivity contribution in [2.45, 2.75) is 97.6 Å². The summed E-state index contributed by atoms with van der Waals surface area (Å²) >= 11 is 0. The van der Waals surface area contributed by atoms with Crippen LogP contribution in [0.25, 0.3) is 11.3 Å². The number of aromatic nitrogens is 1. The van der Waals surface area contributed by atoms with E-state index in [0.717, 1.165) is 22.4 Å². The number of amides is 5. The van der Waals surface area contributed by atoms with Gasteiger partial charge in [0.2, 0.25) is 11.8 Å². The van der Waals surface area contributed by atoms with Gasteiger partial charge in [0.25, 0.3) is 0 Å². The summed E-state index contributed by atoms with van der Waals surface area (Å²) in [4.78, 5) is 62.4. The third-order valence-corrected chi connectivity index (χ3v) is 10.7. The van der Waals surface area contributed by atoms with E-state index in [-0.39, 0.29) is 32.0 Å². The predicted octanol–water partition coefficient (Wildman–Crippen LogP) is 6.52. The van der Waals surface area contributed by atoms with Gasteiger partial charge in [-0.05, 0) is 71.0 Å². The number of alkyl carbamates (subject to hydrolysis) is 1. The van der Waals surface area contributed by atoms with Gasteiger partial charge in [-0.1, -0.05) is 114 Å². The maximum absolute atomic E-state index is 14.6. The Morgan fingerprint density at radius 3 is 2.07 bits per heavy atom. The number of benzene rings is 3. The molecule has 0 bridgehead atoms. The maximum atomic E-state index is 14.6. The molecule has 60 heavy (non-hydrogen) atoms. The normalized spacial score (nSPS) is 15.7. The molecule has 1 saturated heterocycles. The minimum atomic E-state index is -1.17. The number of hydrogen-bond donors (Lipinski definition) is 4. The summed E-state index contributed by atoms with van der Waals surface area (Å²) in [6, 6.07) is 25.4. The molecule has 2 heterocycles. The zero-order chi connectivity index (χ0) is 43.6. The van der Waals surface area contributed by atoms with Crippen LogP contribution >= 0.6 is 0 Å². The first kappa shape index (κ1) is 45.3.